The second kappa shape index (κ2) is 11.7. The number of carbonyl (C=O) groups excluding carboxylic acids is 1. The normalized spacial score (nSPS) is 16.9. The monoisotopic (exact) mass is 501 g/mol. The molecule has 8 nitrogen and oxygen atoms in total. The second-order valence-electron chi connectivity index (χ2n) is 7.85. The van der Waals surface area contributed by atoms with Gasteiger partial charge < -0.3 is 15.2 Å². The Kier molecular flexibility index (Phi) is 9.00. The van der Waals surface area contributed by atoms with Crippen LogP contribution in [0.2, 0.25) is 0 Å². The van der Waals surface area contributed by atoms with E-state index < -0.39 is 46.4 Å². The third-order valence-corrected chi connectivity index (χ3v) is 7.44. The van der Waals surface area contributed by atoms with Crippen LogP contribution in [0.3, 0.4) is 0 Å². The van der Waals surface area contributed by atoms with Crippen LogP contribution in [0.25, 0.3) is 11.1 Å². The molecule has 1 saturated heterocycles. The summed E-state index contributed by atoms with van der Waals surface area (Å²) in [5.74, 6) is -1.65. The van der Waals surface area contributed by atoms with Crippen LogP contribution in [0.5, 0.6) is 0 Å². The number of aliphatic hydroxyl groups excluding tert-OH is 1. The minimum Gasteiger partial charge on any atom is -0.386 e. The molecule has 2 atom stereocenters. The fourth-order valence-electron chi connectivity index (χ4n) is 3.53. The van der Waals surface area contributed by atoms with Crippen molar-refractivity contribution in [3.63, 3.8) is 0 Å². The van der Waals surface area contributed by atoms with Crippen molar-refractivity contribution in [2.45, 2.75) is 43.2 Å². The van der Waals surface area contributed by atoms with Gasteiger partial charge in [0.05, 0.1) is 23.5 Å². The van der Waals surface area contributed by atoms with E-state index in [-0.39, 0.29) is 12.1 Å². The van der Waals surface area contributed by atoms with Crippen molar-refractivity contribution in [3.05, 3.63) is 53.9 Å². The SMILES string of the molecule is O=C(NC(CF)C(O)c1ccc(-c2ccc(CNS(=O)(=O)C3CCOCC3)nc2)cc1)C(F)F. The number of hydrogen-bond donors (Lipinski definition) is 3. The van der Waals surface area contributed by atoms with E-state index in [0.717, 1.165) is 0 Å². The fraction of sp³-hybridized carbons (Fsp3) is 0.455. The molecule has 186 valence electrons. The number of hydrogen-bond acceptors (Lipinski definition) is 6. The van der Waals surface area contributed by atoms with Crippen LogP contribution < -0.4 is 10.0 Å². The standard InChI is InChI=1S/C22H26F3N3O5S/c23-11-19(28-22(30)21(24)25)20(29)15-3-1-14(2-4-15)16-5-6-17(26-12-16)13-27-34(31,32)18-7-9-33-10-8-18/h1-6,12,18-21,27,29H,7-11,13H2,(H,28,30). The number of rotatable bonds is 10. The van der Waals surface area contributed by atoms with Crippen molar-refractivity contribution >= 4 is 15.9 Å². The first-order valence-electron chi connectivity index (χ1n) is 10.7. The summed E-state index contributed by atoms with van der Waals surface area (Å²) in [6.07, 6.45) is -2.34. The lowest BCUT2D eigenvalue weighted by molar-refractivity contribution is -0.133. The molecular formula is C22H26F3N3O5S. The summed E-state index contributed by atoms with van der Waals surface area (Å²) in [7, 11) is -3.47. The molecule has 0 spiro atoms. The first-order chi connectivity index (χ1) is 16.2. The van der Waals surface area contributed by atoms with Crippen LogP contribution in [0, 0.1) is 0 Å². The van der Waals surface area contributed by atoms with Crippen LogP contribution in [0.15, 0.2) is 42.6 Å². The van der Waals surface area contributed by atoms with E-state index in [9.17, 15) is 31.5 Å². The smallest absolute Gasteiger partial charge is 0.315 e. The zero-order chi connectivity index (χ0) is 24.7. The quantitative estimate of drug-likeness (QED) is 0.459. The Morgan fingerprint density at radius 3 is 2.32 bits per heavy atom. The van der Waals surface area contributed by atoms with E-state index in [0.29, 0.717) is 42.9 Å². The molecule has 0 radical (unpaired) electrons. The van der Waals surface area contributed by atoms with Gasteiger partial charge in [-0.15, -0.1) is 0 Å². The lowest BCUT2D eigenvalue weighted by Gasteiger charge is -2.22. The van der Waals surface area contributed by atoms with Crippen molar-refractivity contribution in [1.29, 1.82) is 0 Å². The summed E-state index contributed by atoms with van der Waals surface area (Å²) < 4.78 is 70.5. The Labute approximate surface area is 195 Å². The maximum atomic E-state index is 13.2. The lowest BCUT2D eigenvalue weighted by Crippen LogP contribution is -2.43. The van der Waals surface area contributed by atoms with Crippen LogP contribution in [0.1, 0.15) is 30.2 Å². The molecule has 2 aromatic rings. The number of alkyl halides is 3. The Balaban J connectivity index is 1.60. The maximum Gasteiger partial charge on any atom is 0.315 e. The first kappa shape index (κ1) is 26.1. The Bertz CT molecular complexity index is 1050. The molecule has 1 amide bonds. The highest BCUT2D eigenvalue weighted by atomic mass is 32.2. The number of aliphatic hydroxyl groups is 1. The van der Waals surface area contributed by atoms with Crippen molar-refractivity contribution < 1.29 is 36.2 Å². The van der Waals surface area contributed by atoms with Gasteiger partial charge in [-0.25, -0.2) is 17.5 Å². The third kappa shape index (κ3) is 6.75. The van der Waals surface area contributed by atoms with Crippen molar-refractivity contribution in [1.82, 2.24) is 15.0 Å². The van der Waals surface area contributed by atoms with Crippen molar-refractivity contribution in [2.75, 3.05) is 19.9 Å². The Morgan fingerprint density at radius 2 is 1.76 bits per heavy atom. The largest absolute Gasteiger partial charge is 0.386 e. The third-order valence-electron chi connectivity index (χ3n) is 5.55. The van der Waals surface area contributed by atoms with Gasteiger partial charge in [0, 0.05) is 25.0 Å². The van der Waals surface area contributed by atoms with Crippen LogP contribution in [-0.4, -0.2) is 62.0 Å². The summed E-state index contributed by atoms with van der Waals surface area (Å²) in [5, 5.41) is 11.6. The average molecular weight is 502 g/mol. The summed E-state index contributed by atoms with van der Waals surface area (Å²) >= 11 is 0. The molecule has 0 aliphatic carbocycles. The number of ether oxygens (including phenoxy) is 1. The summed E-state index contributed by atoms with van der Waals surface area (Å²) in [6.45, 7) is -0.314. The van der Waals surface area contributed by atoms with Crippen molar-refractivity contribution in [3.8, 4) is 11.1 Å². The molecule has 1 aliphatic heterocycles. The number of nitrogens with zero attached hydrogens (tertiary/aromatic N) is 1. The van der Waals surface area contributed by atoms with Gasteiger partial charge in [-0.05, 0) is 30.0 Å². The number of sulfonamides is 1. The maximum absolute atomic E-state index is 13.2. The molecule has 12 heteroatoms. The van der Waals surface area contributed by atoms with Gasteiger partial charge in [0.1, 0.15) is 12.8 Å². The number of halogens is 3. The van der Waals surface area contributed by atoms with Gasteiger partial charge in [0.25, 0.3) is 5.91 Å². The molecule has 1 aromatic heterocycles. The first-order valence-corrected chi connectivity index (χ1v) is 12.2. The molecule has 2 unspecified atom stereocenters. The molecule has 1 fully saturated rings. The highest BCUT2D eigenvalue weighted by Crippen LogP contribution is 2.24. The molecule has 2 heterocycles. The van der Waals surface area contributed by atoms with Gasteiger partial charge in [-0.1, -0.05) is 30.3 Å². The highest BCUT2D eigenvalue weighted by Gasteiger charge is 2.28. The van der Waals surface area contributed by atoms with Crippen LogP contribution in [-0.2, 0) is 26.1 Å². The Hall–Kier alpha value is -2.54. The molecule has 34 heavy (non-hydrogen) atoms. The zero-order valence-corrected chi connectivity index (χ0v) is 19.0. The van der Waals surface area contributed by atoms with E-state index in [1.165, 1.54) is 12.1 Å². The predicted molar refractivity (Wildman–Crippen MR) is 118 cm³/mol. The van der Waals surface area contributed by atoms with E-state index in [1.54, 1.807) is 35.8 Å². The Morgan fingerprint density at radius 1 is 1.12 bits per heavy atom. The number of pyridine rings is 1. The zero-order valence-electron chi connectivity index (χ0n) is 18.2. The van der Waals surface area contributed by atoms with Crippen LogP contribution >= 0.6 is 0 Å². The van der Waals surface area contributed by atoms with E-state index in [1.807, 2.05) is 0 Å². The topological polar surface area (TPSA) is 118 Å². The van der Waals surface area contributed by atoms with Gasteiger partial charge in [-0.2, -0.15) is 8.78 Å². The minimum atomic E-state index is -3.47. The van der Waals surface area contributed by atoms with Crippen LogP contribution in [0.4, 0.5) is 13.2 Å². The molecule has 0 saturated carbocycles. The second-order valence-corrected chi connectivity index (χ2v) is 9.90. The summed E-state index contributed by atoms with van der Waals surface area (Å²) in [4.78, 5) is 15.4. The van der Waals surface area contributed by atoms with E-state index in [2.05, 4.69) is 9.71 Å². The molecule has 1 aliphatic rings. The fourth-order valence-corrected chi connectivity index (χ4v) is 4.93. The van der Waals surface area contributed by atoms with Crippen molar-refractivity contribution in [2.24, 2.45) is 0 Å². The molecule has 3 rings (SSSR count). The highest BCUT2D eigenvalue weighted by molar-refractivity contribution is 7.90. The summed E-state index contributed by atoms with van der Waals surface area (Å²) in [5.41, 5.74) is 2.20. The van der Waals surface area contributed by atoms with E-state index in [4.69, 9.17) is 4.74 Å². The molecule has 3 N–H and O–H groups in total. The van der Waals surface area contributed by atoms with Gasteiger partial charge in [0.15, 0.2) is 0 Å². The summed E-state index contributed by atoms with van der Waals surface area (Å²) in [6, 6.07) is 8.19. The number of nitrogens with one attached hydrogen (secondary N) is 2. The number of carbonyl (C=O) groups is 1. The molecule has 0 bridgehead atoms. The lowest BCUT2D eigenvalue weighted by atomic mass is 9.99. The minimum absolute atomic E-state index is 0.0556. The number of benzene rings is 1. The van der Waals surface area contributed by atoms with Gasteiger partial charge in [-0.3, -0.25) is 9.78 Å². The molecular weight excluding hydrogens is 475 g/mol. The predicted octanol–water partition coefficient (Wildman–Crippen LogP) is 2.10. The number of aromatic nitrogens is 1. The van der Waals surface area contributed by atoms with E-state index >= 15 is 0 Å². The van der Waals surface area contributed by atoms with Gasteiger partial charge >= 0.3 is 6.43 Å². The molecule has 1 aromatic carbocycles. The average Bonchev–Trinajstić information content (AvgIpc) is 2.86. The van der Waals surface area contributed by atoms with Gasteiger partial charge in [0.2, 0.25) is 10.0 Å². The number of amides is 1.